The van der Waals surface area contributed by atoms with Gasteiger partial charge in [0.15, 0.2) is 0 Å². The van der Waals surface area contributed by atoms with Gasteiger partial charge in [-0.15, -0.1) is 0 Å². The summed E-state index contributed by atoms with van der Waals surface area (Å²) in [6.45, 7) is 6.66. The van der Waals surface area contributed by atoms with E-state index in [1.165, 1.54) is 0 Å². The molecule has 0 atom stereocenters. The Balaban J connectivity index is 1.79. The third-order valence-corrected chi connectivity index (χ3v) is 3.35. The summed E-state index contributed by atoms with van der Waals surface area (Å²) in [6, 6.07) is 7.62. The molecule has 0 unspecified atom stereocenters. The average molecular weight is 288 g/mol. The van der Waals surface area contributed by atoms with E-state index in [0.29, 0.717) is 13.0 Å². The van der Waals surface area contributed by atoms with Crippen molar-refractivity contribution >= 4 is 17.5 Å². The van der Waals surface area contributed by atoms with Gasteiger partial charge in [-0.3, -0.25) is 9.59 Å². The van der Waals surface area contributed by atoms with E-state index in [9.17, 15) is 9.59 Å². The van der Waals surface area contributed by atoms with Crippen LogP contribution < -0.4 is 10.6 Å². The highest BCUT2D eigenvalue weighted by Crippen LogP contribution is 2.30. The van der Waals surface area contributed by atoms with Crippen LogP contribution in [0.25, 0.3) is 0 Å². The van der Waals surface area contributed by atoms with Crippen molar-refractivity contribution in [1.82, 2.24) is 5.32 Å². The Hall–Kier alpha value is -1.84. The van der Waals surface area contributed by atoms with Crippen molar-refractivity contribution in [1.29, 1.82) is 0 Å². The van der Waals surface area contributed by atoms with E-state index in [-0.39, 0.29) is 23.1 Å². The second-order valence-electron chi connectivity index (χ2n) is 6.97. The predicted molar refractivity (Wildman–Crippen MR) is 83.7 cm³/mol. The maximum Gasteiger partial charge on any atom is 0.227 e. The van der Waals surface area contributed by atoms with E-state index >= 15 is 0 Å². The molecule has 1 aliphatic rings. The fourth-order valence-corrected chi connectivity index (χ4v) is 2.04. The standard InChI is InChI=1S/C17H24N2O2/c1-17(2,3)10-15(20)18-11-12-4-8-14(9-5-12)19-16(21)13-6-7-13/h4-5,8-9,13H,6-7,10-11H2,1-3H3,(H,18,20)(H,19,21). The third-order valence-electron chi connectivity index (χ3n) is 3.35. The van der Waals surface area contributed by atoms with Gasteiger partial charge in [-0.1, -0.05) is 32.9 Å². The van der Waals surface area contributed by atoms with E-state index in [1.807, 2.05) is 45.0 Å². The fraction of sp³-hybridized carbons (Fsp3) is 0.529. The summed E-state index contributed by atoms with van der Waals surface area (Å²) in [6.07, 6.45) is 2.52. The Kier molecular flexibility index (Phi) is 4.66. The summed E-state index contributed by atoms with van der Waals surface area (Å²) >= 11 is 0. The molecule has 2 amide bonds. The first-order valence-corrected chi connectivity index (χ1v) is 7.50. The van der Waals surface area contributed by atoms with Crippen molar-refractivity contribution in [3.8, 4) is 0 Å². The summed E-state index contributed by atoms with van der Waals surface area (Å²) in [4.78, 5) is 23.4. The smallest absolute Gasteiger partial charge is 0.227 e. The SMILES string of the molecule is CC(C)(C)CC(=O)NCc1ccc(NC(=O)C2CC2)cc1. The maximum atomic E-state index is 11.8. The quantitative estimate of drug-likeness (QED) is 0.874. The molecule has 4 heteroatoms. The molecular weight excluding hydrogens is 264 g/mol. The number of rotatable bonds is 5. The number of carbonyl (C=O) groups excluding carboxylic acids is 2. The zero-order valence-corrected chi connectivity index (χ0v) is 13.0. The molecule has 1 aromatic carbocycles. The van der Waals surface area contributed by atoms with E-state index < -0.39 is 0 Å². The van der Waals surface area contributed by atoms with E-state index in [0.717, 1.165) is 24.1 Å². The van der Waals surface area contributed by atoms with Crippen molar-refractivity contribution in [2.45, 2.75) is 46.6 Å². The highest BCUT2D eigenvalue weighted by atomic mass is 16.2. The number of hydrogen-bond acceptors (Lipinski definition) is 2. The van der Waals surface area contributed by atoms with Gasteiger partial charge in [0.2, 0.25) is 11.8 Å². The summed E-state index contributed by atoms with van der Waals surface area (Å²) in [7, 11) is 0. The molecule has 0 bridgehead atoms. The normalized spacial score (nSPS) is 14.6. The molecular formula is C17H24N2O2. The zero-order valence-electron chi connectivity index (χ0n) is 13.0. The Morgan fingerprint density at radius 2 is 1.76 bits per heavy atom. The molecule has 4 nitrogen and oxygen atoms in total. The van der Waals surface area contributed by atoms with Gasteiger partial charge < -0.3 is 10.6 Å². The molecule has 0 spiro atoms. The molecule has 2 N–H and O–H groups in total. The lowest BCUT2D eigenvalue weighted by Gasteiger charge is -2.17. The van der Waals surface area contributed by atoms with Gasteiger partial charge in [-0.25, -0.2) is 0 Å². The van der Waals surface area contributed by atoms with Crippen LogP contribution in [-0.4, -0.2) is 11.8 Å². The molecule has 1 aromatic rings. The van der Waals surface area contributed by atoms with Crippen molar-refractivity contribution in [3.05, 3.63) is 29.8 Å². The molecule has 0 radical (unpaired) electrons. The molecule has 1 aliphatic carbocycles. The highest BCUT2D eigenvalue weighted by molar-refractivity contribution is 5.94. The number of carbonyl (C=O) groups is 2. The zero-order chi connectivity index (χ0) is 15.5. The minimum atomic E-state index is 0.00102. The predicted octanol–water partition coefficient (Wildman–Crippen LogP) is 3.09. The lowest BCUT2D eigenvalue weighted by molar-refractivity contribution is -0.123. The van der Waals surface area contributed by atoms with Gasteiger partial charge in [-0.05, 0) is 36.0 Å². The van der Waals surface area contributed by atoms with Gasteiger partial charge in [0.05, 0.1) is 0 Å². The maximum absolute atomic E-state index is 11.8. The topological polar surface area (TPSA) is 58.2 Å². The van der Waals surface area contributed by atoms with Crippen LogP contribution in [0.2, 0.25) is 0 Å². The largest absolute Gasteiger partial charge is 0.352 e. The second-order valence-corrected chi connectivity index (χ2v) is 6.97. The Bertz CT molecular complexity index is 511. The number of benzene rings is 1. The van der Waals surface area contributed by atoms with Crippen LogP contribution in [0.15, 0.2) is 24.3 Å². The number of hydrogen-bond donors (Lipinski definition) is 2. The van der Waals surface area contributed by atoms with Crippen molar-refractivity contribution in [2.24, 2.45) is 11.3 Å². The van der Waals surface area contributed by atoms with Gasteiger partial charge in [0, 0.05) is 24.6 Å². The number of amides is 2. The van der Waals surface area contributed by atoms with Gasteiger partial charge >= 0.3 is 0 Å². The lowest BCUT2D eigenvalue weighted by Crippen LogP contribution is -2.27. The van der Waals surface area contributed by atoms with Crippen LogP contribution in [0.5, 0.6) is 0 Å². The first-order valence-electron chi connectivity index (χ1n) is 7.50. The van der Waals surface area contributed by atoms with E-state index in [4.69, 9.17) is 0 Å². The van der Waals surface area contributed by atoms with Crippen LogP contribution in [0.3, 0.4) is 0 Å². The Morgan fingerprint density at radius 1 is 1.14 bits per heavy atom. The first-order chi connectivity index (χ1) is 9.83. The molecule has 0 aliphatic heterocycles. The van der Waals surface area contributed by atoms with Crippen LogP contribution >= 0.6 is 0 Å². The molecule has 114 valence electrons. The van der Waals surface area contributed by atoms with Crippen molar-refractivity contribution in [2.75, 3.05) is 5.32 Å². The molecule has 21 heavy (non-hydrogen) atoms. The Labute approximate surface area is 126 Å². The van der Waals surface area contributed by atoms with Crippen LogP contribution in [-0.2, 0) is 16.1 Å². The summed E-state index contributed by atoms with van der Waals surface area (Å²) < 4.78 is 0. The van der Waals surface area contributed by atoms with Crippen molar-refractivity contribution in [3.63, 3.8) is 0 Å². The molecule has 0 aromatic heterocycles. The Morgan fingerprint density at radius 3 is 2.29 bits per heavy atom. The fourth-order valence-electron chi connectivity index (χ4n) is 2.04. The van der Waals surface area contributed by atoms with Gasteiger partial charge in [0.25, 0.3) is 0 Å². The number of nitrogens with one attached hydrogen (secondary N) is 2. The number of anilines is 1. The van der Waals surface area contributed by atoms with Crippen molar-refractivity contribution < 1.29 is 9.59 Å². The summed E-state index contributed by atoms with van der Waals surface area (Å²) in [5.41, 5.74) is 1.85. The third kappa shape index (κ3) is 5.58. The monoisotopic (exact) mass is 288 g/mol. The molecule has 1 fully saturated rings. The summed E-state index contributed by atoms with van der Waals surface area (Å²) in [5, 5.41) is 5.82. The van der Waals surface area contributed by atoms with Gasteiger partial charge in [0.1, 0.15) is 0 Å². The molecule has 0 heterocycles. The van der Waals surface area contributed by atoms with Crippen LogP contribution in [0, 0.1) is 11.3 Å². The average Bonchev–Trinajstić information content (AvgIpc) is 3.20. The van der Waals surface area contributed by atoms with Crippen LogP contribution in [0.1, 0.15) is 45.6 Å². The van der Waals surface area contributed by atoms with E-state index in [2.05, 4.69) is 10.6 Å². The lowest BCUT2D eigenvalue weighted by atomic mass is 9.92. The summed E-state index contributed by atoms with van der Waals surface area (Å²) in [5.74, 6) is 0.385. The molecule has 2 rings (SSSR count). The molecule has 1 saturated carbocycles. The first kappa shape index (κ1) is 15.5. The minimum Gasteiger partial charge on any atom is -0.352 e. The van der Waals surface area contributed by atoms with Gasteiger partial charge in [-0.2, -0.15) is 0 Å². The van der Waals surface area contributed by atoms with E-state index in [1.54, 1.807) is 0 Å². The highest BCUT2D eigenvalue weighted by Gasteiger charge is 2.29. The molecule has 0 saturated heterocycles. The minimum absolute atomic E-state index is 0.00102. The second kappa shape index (κ2) is 6.29. The van der Waals surface area contributed by atoms with Crippen LogP contribution in [0.4, 0.5) is 5.69 Å².